The van der Waals surface area contributed by atoms with Crippen LogP contribution >= 0.6 is 11.6 Å². The molecule has 2 aromatic rings. The fraction of sp³-hybridized carbons (Fsp3) is 0.154. The Kier molecular flexibility index (Phi) is 4.52. The number of benzene rings is 1. The average molecular weight is 323 g/mol. The summed E-state index contributed by atoms with van der Waals surface area (Å²) < 4.78 is 4.71. The quantitative estimate of drug-likeness (QED) is 0.369. The van der Waals surface area contributed by atoms with E-state index in [2.05, 4.69) is 9.97 Å². The minimum absolute atomic E-state index is 0.0265. The molecular formula is C13H11ClN4O4. The van der Waals surface area contributed by atoms with Crippen molar-refractivity contribution in [3.8, 4) is 0 Å². The first-order chi connectivity index (χ1) is 10.5. The molecule has 0 aliphatic carbocycles. The van der Waals surface area contributed by atoms with Crippen molar-refractivity contribution in [2.45, 2.75) is 0 Å². The van der Waals surface area contributed by atoms with Gasteiger partial charge in [0, 0.05) is 7.05 Å². The fourth-order valence-corrected chi connectivity index (χ4v) is 2.11. The lowest BCUT2D eigenvalue weighted by atomic mass is 10.1. The Balaban J connectivity index is 2.59. The molecule has 0 N–H and O–H groups in total. The summed E-state index contributed by atoms with van der Waals surface area (Å²) >= 11 is 5.77. The van der Waals surface area contributed by atoms with E-state index in [-0.39, 0.29) is 16.5 Å². The van der Waals surface area contributed by atoms with Crippen LogP contribution in [0.2, 0.25) is 5.15 Å². The van der Waals surface area contributed by atoms with Crippen LogP contribution in [-0.4, -0.2) is 35.0 Å². The number of carbonyl (C=O) groups is 1. The number of ether oxygens (including phenoxy) is 1. The van der Waals surface area contributed by atoms with E-state index in [0.717, 1.165) is 6.33 Å². The maximum Gasteiger partial charge on any atom is 0.348 e. The molecule has 22 heavy (non-hydrogen) atoms. The van der Waals surface area contributed by atoms with Gasteiger partial charge in [-0.2, -0.15) is 0 Å². The molecule has 0 fully saturated rings. The molecule has 2 rings (SSSR count). The van der Waals surface area contributed by atoms with Crippen molar-refractivity contribution in [2.24, 2.45) is 0 Å². The van der Waals surface area contributed by atoms with Crippen molar-refractivity contribution in [3.05, 3.63) is 51.4 Å². The van der Waals surface area contributed by atoms with Crippen LogP contribution in [0.5, 0.6) is 0 Å². The SMILES string of the molecule is COC(=O)c1ccccc1N(C)c1ncnc(Cl)c1[N+](=O)[O-]. The molecule has 0 aliphatic rings. The number of anilines is 2. The molecule has 0 aliphatic heterocycles. The van der Waals surface area contributed by atoms with Crippen molar-refractivity contribution in [1.29, 1.82) is 0 Å². The number of hydrogen-bond acceptors (Lipinski definition) is 7. The predicted octanol–water partition coefficient (Wildman–Crippen LogP) is 2.59. The van der Waals surface area contributed by atoms with E-state index >= 15 is 0 Å². The molecule has 1 aromatic heterocycles. The minimum atomic E-state index is -0.672. The van der Waals surface area contributed by atoms with Gasteiger partial charge in [0.2, 0.25) is 11.0 Å². The van der Waals surface area contributed by atoms with Crippen molar-refractivity contribution in [1.82, 2.24) is 9.97 Å². The number of halogens is 1. The van der Waals surface area contributed by atoms with Crippen LogP contribution in [0.3, 0.4) is 0 Å². The number of carbonyl (C=O) groups excluding carboxylic acids is 1. The van der Waals surface area contributed by atoms with Crippen LogP contribution < -0.4 is 4.90 Å². The Morgan fingerprint density at radius 3 is 2.68 bits per heavy atom. The van der Waals surface area contributed by atoms with Gasteiger partial charge in [-0.05, 0) is 12.1 Å². The van der Waals surface area contributed by atoms with Gasteiger partial charge in [-0.3, -0.25) is 10.1 Å². The third-order valence-electron chi connectivity index (χ3n) is 2.93. The van der Waals surface area contributed by atoms with E-state index in [4.69, 9.17) is 16.3 Å². The summed E-state index contributed by atoms with van der Waals surface area (Å²) in [6.45, 7) is 0. The zero-order valence-electron chi connectivity index (χ0n) is 11.7. The molecule has 114 valence electrons. The molecule has 0 saturated heterocycles. The van der Waals surface area contributed by atoms with Crippen LogP contribution in [0.4, 0.5) is 17.2 Å². The van der Waals surface area contributed by atoms with E-state index in [9.17, 15) is 14.9 Å². The van der Waals surface area contributed by atoms with Crippen molar-refractivity contribution in [3.63, 3.8) is 0 Å². The first-order valence-corrected chi connectivity index (χ1v) is 6.41. The van der Waals surface area contributed by atoms with Gasteiger partial charge in [0.05, 0.1) is 23.3 Å². The highest BCUT2D eigenvalue weighted by molar-refractivity contribution is 6.31. The van der Waals surface area contributed by atoms with Crippen molar-refractivity contribution in [2.75, 3.05) is 19.1 Å². The highest BCUT2D eigenvalue weighted by atomic mass is 35.5. The molecule has 1 aromatic carbocycles. The number of aromatic nitrogens is 2. The summed E-state index contributed by atoms with van der Waals surface area (Å²) in [6.07, 6.45) is 1.11. The zero-order chi connectivity index (χ0) is 16.3. The number of hydrogen-bond donors (Lipinski definition) is 0. The van der Waals surface area contributed by atoms with Crippen LogP contribution in [0, 0.1) is 10.1 Å². The number of nitro groups is 1. The number of rotatable bonds is 4. The number of para-hydroxylation sites is 1. The highest BCUT2D eigenvalue weighted by Crippen LogP contribution is 2.35. The standard InChI is InChI=1S/C13H11ClN4O4/c1-17(9-6-4-3-5-8(9)13(19)22-2)12-10(18(20)21)11(14)15-7-16-12/h3-7H,1-2H3. The molecule has 8 nitrogen and oxygen atoms in total. The predicted molar refractivity (Wildman–Crippen MR) is 79.5 cm³/mol. The largest absolute Gasteiger partial charge is 0.465 e. The smallest absolute Gasteiger partial charge is 0.348 e. The minimum Gasteiger partial charge on any atom is -0.465 e. The average Bonchev–Trinajstić information content (AvgIpc) is 2.52. The normalized spacial score (nSPS) is 10.1. The maximum absolute atomic E-state index is 11.8. The fourth-order valence-electron chi connectivity index (χ4n) is 1.91. The van der Waals surface area contributed by atoms with Gasteiger partial charge in [-0.25, -0.2) is 14.8 Å². The summed E-state index contributed by atoms with van der Waals surface area (Å²) in [7, 11) is 2.79. The number of nitrogens with zero attached hydrogens (tertiary/aromatic N) is 4. The van der Waals surface area contributed by atoms with Gasteiger partial charge in [0.1, 0.15) is 6.33 Å². The summed E-state index contributed by atoms with van der Waals surface area (Å²) in [5.41, 5.74) is 0.204. The maximum atomic E-state index is 11.8. The van der Waals surface area contributed by atoms with E-state index in [1.165, 1.54) is 19.1 Å². The molecular weight excluding hydrogens is 312 g/mol. The monoisotopic (exact) mass is 322 g/mol. The lowest BCUT2D eigenvalue weighted by Gasteiger charge is -2.20. The van der Waals surface area contributed by atoms with Gasteiger partial charge < -0.3 is 9.64 Å². The topological polar surface area (TPSA) is 98.5 Å². The second kappa shape index (κ2) is 6.35. The Hall–Kier alpha value is -2.74. The first-order valence-electron chi connectivity index (χ1n) is 6.03. The van der Waals surface area contributed by atoms with E-state index in [0.29, 0.717) is 5.69 Å². The molecule has 0 amide bonds. The summed E-state index contributed by atoms with van der Waals surface area (Å²) in [5.74, 6) is -0.591. The van der Waals surface area contributed by atoms with Crippen LogP contribution in [0.25, 0.3) is 0 Å². The molecule has 9 heteroatoms. The molecule has 1 heterocycles. The molecule has 0 radical (unpaired) electrons. The Labute approximate surface area is 130 Å². The third-order valence-corrected chi connectivity index (χ3v) is 3.21. The lowest BCUT2D eigenvalue weighted by molar-refractivity contribution is -0.384. The summed E-state index contributed by atoms with van der Waals surface area (Å²) in [5, 5.41) is 10.9. The Morgan fingerprint density at radius 1 is 1.36 bits per heavy atom. The van der Waals surface area contributed by atoms with E-state index < -0.39 is 16.6 Å². The summed E-state index contributed by atoms with van der Waals surface area (Å²) in [6, 6.07) is 6.51. The van der Waals surface area contributed by atoms with Gasteiger partial charge >= 0.3 is 11.7 Å². The molecule has 0 spiro atoms. The van der Waals surface area contributed by atoms with Gasteiger partial charge in [0.25, 0.3) is 0 Å². The van der Waals surface area contributed by atoms with Crippen LogP contribution in [-0.2, 0) is 4.74 Å². The van der Waals surface area contributed by atoms with Gasteiger partial charge in [-0.15, -0.1) is 0 Å². The second-order valence-corrected chi connectivity index (χ2v) is 4.52. The van der Waals surface area contributed by atoms with Crippen LogP contribution in [0.15, 0.2) is 30.6 Å². The van der Waals surface area contributed by atoms with Gasteiger partial charge in [0.15, 0.2) is 0 Å². The zero-order valence-corrected chi connectivity index (χ0v) is 12.4. The Bertz CT molecular complexity index is 738. The third kappa shape index (κ3) is 2.82. The molecule has 0 atom stereocenters. The van der Waals surface area contributed by atoms with E-state index in [1.54, 1.807) is 24.3 Å². The number of methoxy groups -OCH3 is 1. The molecule has 0 saturated carbocycles. The Morgan fingerprint density at radius 2 is 2.05 bits per heavy atom. The van der Waals surface area contributed by atoms with E-state index in [1.807, 2.05) is 0 Å². The second-order valence-electron chi connectivity index (χ2n) is 4.16. The molecule has 0 unspecified atom stereocenters. The summed E-state index contributed by atoms with van der Waals surface area (Å²) in [4.78, 5) is 31.2. The molecule has 0 bridgehead atoms. The highest BCUT2D eigenvalue weighted by Gasteiger charge is 2.27. The number of esters is 1. The van der Waals surface area contributed by atoms with Gasteiger partial charge in [-0.1, -0.05) is 23.7 Å². The van der Waals surface area contributed by atoms with Crippen LogP contribution in [0.1, 0.15) is 10.4 Å². The van der Waals surface area contributed by atoms with Crippen molar-refractivity contribution >= 4 is 34.8 Å². The lowest BCUT2D eigenvalue weighted by Crippen LogP contribution is -2.17. The first kappa shape index (κ1) is 15.6. The van der Waals surface area contributed by atoms with Crippen molar-refractivity contribution < 1.29 is 14.5 Å².